The summed E-state index contributed by atoms with van der Waals surface area (Å²) in [4.78, 5) is 13.0. The molecular formula is C23H26O7. The number of allylic oxidation sites excluding steroid dienone is 2. The van der Waals surface area contributed by atoms with Crippen LogP contribution in [0.15, 0.2) is 29.8 Å². The Balaban J connectivity index is 2.16. The van der Waals surface area contributed by atoms with E-state index in [1.807, 2.05) is 19.9 Å². The SMILES string of the molecule is COc1cc(OC)c(C2CC(=O)c3c(O)cc(O)c(CC=C(C)C)c3O2)c(OC)c1. The Kier molecular flexibility index (Phi) is 6.10. The molecule has 0 saturated heterocycles. The van der Waals surface area contributed by atoms with Crippen LogP contribution >= 0.6 is 0 Å². The predicted octanol–water partition coefficient (Wildman–Crippen LogP) is 4.34. The molecule has 0 radical (unpaired) electrons. The molecule has 0 saturated carbocycles. The van der Waals surface area contributed by atoms with Crippen molar-refractivity contribution in [2.75, 3.05) is 21.3 Å². The summed E-state index contributed by atoms with van der Waals surface area (Å²) in [6, 6.07) is 4.56. The summed E-state index contributed by atoms with van der Waals surface area (Å²) < 4.78 is 22.5. The Labute approximate surface area is 175 Å². The molecule has 7 nitrogen and oxygen atoms in total. The highest BCUT2D eigenvalue weighted by Gasteiger charge is 2.36. The first kappa shape index (κ1) is 21.4. The van der Waals surface area contributed by atoms with E-state index in [0.29, 0.717) is 34.8 Å². The van der Waals surface area contributed by atoms with E-state index in [4.69, 9.17) is 18.9 Å². The lowest BCUT2D eigenvalue weighted by atomic mass is 9.91. The zero-order chi connectivity index (χ0) is 22.0. The van der Waals surface area contributed by atoms with E-state index < -0.39 is 6.10 Å². The lowest BCUT2D eigenvalue weighted by molar-refractivity contribution is 0.0836. The van der Waals surface area contributed by atoms with E-state index in [-0.39, 0.29) is 35.0 Å². The number of aromatic hydroxyl groups is 2. The molecule has 0 spiro atoms. The van der Waals surface area contributed by atoms with Crippen LogP contribution < -0.4 is 18.9 Å². The molecule has 1 heterocycles. The number of rotatable bonds is 6. The molecule has 0 aliphatic carbocycles. The number of ketones is 1. The van der Waals surface area contributed by atoms with E-state index in [0.717, 1.165) is 5.57 Å². The third-order valence-corrected chi connectivity index (χ3v) is 5.04. The number of phenols is 2. The van der Waals surface area contributed by atoms with Crippen molar-refractivity contribution in [3.63, 3.8) is 0 Å². The van der Waals surface area contributed by atoms with Gasteiger partial charge in [-0.05, 0) is 20.3 Å². The standard InChI is InChI=1S/C23H26O7/c1-12(2)6-7-14-15(24)10-16(25)21-17(26)11-20(30-23(14)21)22-18(28-4)8-13(27-3)9-19(22)29-5/h6,8-10,20,24-25H,7,11H2,1-5H3. The second kappa shape index (κ2) is 8.57. The summed E-state index contributed by atoms with van der Waals surface area (Å²) in [5.74, 6) is 0.870. The van der Waals surface area contributed by atoms with Crippen LogP contribution in [0.5, 0.6) is 34.5 Å². The molecule has 7 heteroatoms. The van der Waals surface area contributed by atoms with Gasteiger partial charge >= 0.3 is 0 Å². The fraction of sp³-hybridized carbons (Fsp3) is 0.348. The van der Waals surface area contributed by atoms with Gasteiger partial charge in [0.2, 0.25) is 0 Å². The number of carbonyl (C=O) groups is 1. The van der Waals surface area contributed by atoms with Gasteiger partial charge < -0.3 is 29.2 Å². The maximum absolute atomic E-state index is 13.0. The van der Waals surface area contributed by atoms with Crippen LogP contribution in [0.2, 0.25) is 0 Å². The number of carbonyl (C=O) groups excluding carboxylic acids is 1. The van der Waals surface area contributed by atoms with E-state index in [9.17, 15) is 15.0 Å². The number of Topliss-reactive ketones (excluding diaryl/α,β-unsaturated/α-hetero) is 1. The van der Waals surface area contributed by atoms with E-state index in [1.54, 1.807) is 12.1 Å². The first-order chi connectivity index (χ1) is 14.3. The van der Waals surface area contributed by atoms with Gasteiger partial charge in [0, 0.05) is 23.8 Å². The Morgan fingerprint density at radius 1 is 1.07 bits per heavy atom. The predicted molar refractivity (Wildman–Crippen MR) is 111 cm³/mol. The Morgan fingerprint density at radius 2 is 1.70 bits per heavy atom. The zero-order valence-corrected chi connectivity index (χ0v) is 17.7. The van der Waals surface area contributed by atoms with Crippen LogP contribution in [0, 0.1) is 0 Å². The van der Waals surface area contributed by atoms with Gasteiger partial charge in [0.05, 0.1) is 33.3 Å². The molecule has 2 aromatic rings. The lowest BCUT2D eigenvalue weighted by Crippen LogP contribution is -2.22. The number of hydrogen-bond donors (Lipinski definition) is 2. The summed E-state index contributed by atoms with van der Waals surface area (Å²) in [6.07, 6.45) is 1.52. The fourth-order valence-corrected chi connectivity index (χ4v) is 3.54. The van der Waals surface area contributed by atoms with Crippen molar-refractivity contribution in [3.8, 4) is 34.5 Å². The summed E-state index contributed by atoms with van der Waals surface area (Å²) in [5, 5.41) is 20.7. The normalized spacial score (nSPS) is 15.1. The van der Waals surface area contributed by atoms with Gasteiger partial charge in [-0.1, -0.05) is 11.6 Å². The molecule has 1 aliphatic heterocycles. The van der Waals surface area contributed by atoms with Crippen molar-refractivity contribution in [1.29, 1.82) is 0 Å². The van der Waals surface area contributed by atoms with Crippen LogP contribution in [-0.4, -0.2) is 37.3 Å². The lowest BCUT2D eigenvalue weighted by Gasteiger charge is -2.30. The quantitative estimate of drug-likeness (QED) is 0.679. The van der Waals surface area contributed by atoms with Gasteiger partial charge in [-0.2, -0.15) is 0 Å². The Hall–Kier alpha value is -3.35. The third kappa shape index (κ3) is 3.87. The monoisotopic (exact) mass is 414 g/mol. The summed E-state index contributed by atoms with van der Waals surface area (Å²) in [7, 11) is 4.55. The number of ether oxygens (including phenoxy) is 4. The highest BCUT2D eigenvalue weighted by Crippen LogP contribution is 2.49. The van der Waals surface area contributed by atoms with Crippen molar-refractivity contribution in [2.24, 2.45) is 0 Å². The molecule has 0 amide bonds. The average molecular weight is 414 g/mol. The van der Waals surface area contributed by atoms with Gasteiger partial charge in [0.25, 0.3) is 0 Å². The second-order valence-corrected chi connectivity index (χ2v) is 7.26. The van der Waals surface area contributed by atoms with Crippen LogP contribution in [-0.2, 0) is 6.42 Å². The molecule has 0 fully saturated rings. The van der Waals surface area contributed by atoms with Crippen molar-refractivity contribution in [2.45, 2.75) is 32.8 Å². The number of phenolic OH excluding ortho intramolecular Hbond substituents is 2. The maximum Gasteiger partial charge on any atom is 0.174 e. The van der Waals surface area contributed by atoms with E-state index in [2.05, 4.69) is 0 Å². The minimum absolute atomic E-state index is 0.0214. The van der Waals surface area contributed by atoms with Gasteiger partial charge in [0.15, 0.2) is 5.78 Å². The van der Waals surface area contributed by atoms with Crippen molar-refractivity contribution in [3.05, 3.63) is 46.5 Å². The van der Waals surface area contributed by atoms with Gasteiger partial charge in [-0.3, -0.25) is 4.79 Å². The smallest absolute Gasteiger partial charge is 0.174 e. The Morgan fingerprint density at radius 3 is 2.23 bits per heavy atom. The zero-order valence-electron chi connectivity index (χ0n) is 17.7. The second-order valence-electron chi connectivity index (χ2n) is 7.26. The number of methoxy groups -OCH3 is 3. The molecule has 30 heavy (non-hydrogen) atoms. The van der Waals surface area contributed by atoms with Crippen molar-refractivity contribution in [1.82, 2.24) is 0 Å². The molecule has 0 aromatic heterocycles. The minimum Gasteiger partial charge on any atom is -0.507 e. The van der Waals surface area contributed by atoms with Crippen LogP contribution in [0.4, 0.5) is 0 Å². The fourth-order valence-electron chi connectivity index (χ4n) is 3.54. The molecule has 1 unspecified atom stereocenters. The molecule has 1 atom stereocenters. The van der Waals surface area contributed by atoms with Crippen LogP contribution in [0.25, 0.3) is 0 Å². The highest BCUT2D eigenvalue weighted by atomic mass is 16.5. The average Bonchev–Trinajstić information content (AvgIpc) is 2.71. The topological polar surface area (TPSA) is 94.5 Å². The Bertz CT molecular complexity index is 978. The molecule has 2 aromatic carbocycles. The van der Waals surface area contributed by atoms with Crippen LogP contribution in [0.3, 0.4) is 0 Å². The first-order valence-electron chi connectivity index (χ1n) is 9.51. The molecular weight excluding hydrogens is 388 g/mol. The molecule has 3 rings (SSSR count). The third-order valence-electron chi connectivity index (χ3n) is 5.04. The summed E-state index contributed by atoms with van der Waals surface area (Å²) in [5.41, 5.74) is 2.12. The summed E-state index contributed by atoms with van der Waals surface area (Å²) >= 11 is 0. The molecule has 160 valence electrons. The largest absolute Gasteiger partial charge is 0.507 e. The van der Waals surface area contributed by atoms with E-state index >= 15 is 0 Å². The van der Waals surface area contributed by atoms with Gasteiger partial charge in [0.1, 0.15) is 46.2 Å². The van der Waals surface area contributed by atoms with Crippen LogP contribution in [0.1, 0.15) is 47.9 Å². The van der Waals surface area contributed by atoms with Gasteiger partial charge in [-0.15, -0.1) is 0 Å². The highest BCUT2D eigenvalue weighted by molar-refractivity contribution is 6.03. The maximum atomic E-state index is 13.0. The van der Waals surface area contributed by atoms with Crippen molar-refractivity contribution < 1.29 is 34.0 Å². The number of fused-ring (bicyclic) bond motifs is 1. The molecule has 1 aliphatic rings. The number of hydrogen-bond acceptors (Lipinski definition) is 7. The summed E-state index contributed by atoms with van der Waals surface area (Å²) in [6.45, 7) is 3.87. The number of benzene rings is 2. The van der Waals surface area contributed by atoms with Gasteiger partial charge in [-0.25, -0.2) is 0 Å². The minimum atomic E-state index is -0.729. The molecule has 0 bridgehead atoms. The van der Waals surface area contributed by atoms with Crippen molar-refractivity contribution >= 4 is 5.78 Å². The molecule has 2 N–H and O–H groups in total. The van der Waals surface area contributed by atoms with E-state index in [1.165, 1.54) is 27.4 Å². The first-order valence-corrected chi connectivity index (χ1v) is 9.51.